The molecular formula is C10H11BrN4O4. The number of H-pyrrole nitrogens is 1. The Bertz CT molecular complexity index is 669. The zero-order chi connectivity index (χ0) is 13.6. The highest BCUT2D eigenvalue weighted by Crippen LogP contribution is 2.33. The van der Waals surface area contributed by atoms with Crippen LogP contribution in [0.2, 0.25) is 0 Å². The van der Waals surface area contributed by atoms with Crippen molar-refractivity contribution in [3.63, 3.8) is 0 Å². The maximum absolute atomic E-state index is 11.6. The number of aromatic amines is 1. The third kappa shape index (κ3) is 1.98. The van der Waals surface area contributed by atoms with Gasteiger partial charge in [-0.05, 0) is 15.9 Å². The number of halogens is 1. The molecule has 3 rings (SSSR count). The summed E-state index contributed by atoms with van der Waals surface area (Å²) < 4.78 is 7.38. The van der Waals surface area contributed by atoms with Crippen LogP contribution in [0.5, 0.6) is 0 Å². The molecule has 1 aliphatic rings. The van der Waals surface area contributed by atoms with Crippen molar-refractivity contribution in [3.8, 4) is 0 Å². The summed E-state index contributed by atoms with van der Waals surface area (Å²) in [6.45, 7) is -0.175. The molecule has 0 aliphatic carbocycles. The first-order chi connectivity index (χ1) is 9.11. The average molecular weight is 331 g/mol. The minimum atomic E-state index is -0.799. The van der Waals surface area contributed by atoms with Crippen LogP contribution in [0.4, 0.5) is 0 Å². The normalized spacial score (nSPS) is 27.2. The van der Waals surface area contributed by atoms with Crippen LogP contribution in [0, 0.1) is 0 Å². The van der Waals surface area contributed by atoms with Crippen LogP contribution >= 0.6 is 15.9 Å². The maximum atomic E-state index is 11.6. The van der Waals surface area contributed by atoms with Gasteiger partial charge < -0.3 is 19.9 Å². The Labute approximate surface area is 115 Å². The highest BCUT2D eigenvalue weighted by Gasteiger charge is 2.37. The molecule has 9 heteroatoms. The first kappa shape index (κ1) is 12.7. The number of aliphatic hydroxyl groups is 2. The van der Waals surface area contributed by atoms with Crippen LogP contribution in [-0.4, -0.2) is 48.5 Å². The topological polar surface area (TPSA) is 113 Å². The lowest BCUT2D eigenvalue weighted by Crippen LogP contribution is -2.20. The molecule has 102 valence electrons. The third-order valence-corrected chi connectivity index (χ3v) is 3.62. The number of rotatable bonds is 2. The molecule has 0 saturated carbocycles. The molecule has 2 aromatic heterocycles. The van der Waals surface area contributed by atoms with Crippen LogP contribution in [0.25, 0.3) is 11.2 Å². The average Bonchev–Trinajstić information content (AvgIpc) is 2.90. The molecule has 8 nitrogen and oxygen atoms in total. The molecule has 19 heavy (non-hydrogen) atoms. The SMILES string of the molecule is O=c1[nH]cnc2c1nc(Br)n2[C@@H]1O[C@H](CO)C[C@H]1O. The van der Waals surface area contributed by atoms with Gasteiger partial charge in [-0.25, -0.2) is 9.97 Å². The van der Waals surface area contributed by atoms with E-state index in [-0.39, 0.29) is 17.7 Å². The second-order valence-corrected chi connectivity index (χ2v) is 5.00. The molecule has 0 aromatic carbocycles. The van der Waals surface area contributed by atoms with Gasteiger partial charge >= 0.3 is 0 Å². The molecule has 1 aliphatic heterocycles. The Morgan fingerprint density at radius 2 is 2.42 bits per heavy atom. The molecule has 0 unspecified atom stereocenters. The highest BCUT2D eigenvalue weighted by molar-refractivity contribution is 9.10. The van der Waals surface area contributed by atoms with E-state index in [0.29, 0.717) is 16.8 Å². The van der Waals surface area contributed by atoms with E-state index in [1.54, 1.807) is 0 Å². The van der Waals surface area contributed by atoms with Crippen molar-refractivity contribution in [2.75, 3.05) is 6.61 Å². The molecule has 1 fully saturated rings. The second kappa shape index (κ2) is 4.67. The molecule has 0 bridgehead atoms. The van der Waals surface area contributed by atoms with E-state index in [2.05, 4.69) is 30.9 Å². The van der Waals surface area contributed by atoms with Gasteiger partial charge in [0.2, 0.25) is 0 Å². The molecule has 0 radical (unpaired) electrons. The first-order valence-corrected chi connectivity index (χ1v) is 6.46. The molecule has 0 spiro atoms. The van der Waals surface area contributed by atoms with E-state index >= 15 is 0 Å². The number of hydrogen-bond donors (Lipinski definition) is 3. The summed E-state index contributed by atoms with van der Waals surface area (Å²) in [4.78, 5) is 22.2. The zero-order valence-corrected chi connectivity index (χ0v) is 11.2. The fraction of sp³-hybridized carbons (Fsp3) is 0.500. The van der Waals surface area contributed by atoms with Crippen LogP contribution < -0.4 is 5.56 Å². The van der Waals surface area contributed by atoms with E-state index in [0.717, 1.165) is 0 Å². The van der Waals surface area contributed by atoms with Gasteiger partial charge in [-0.2, -0.15) is 0 Å². The standard InChI is InChI=1S/C10H11BrN4O4/c11-10-14-6-7(12-3-13-8(6)18)15(10)9-5(17)1-4(2-16)19-9/h3-5,9,16-17H,1-2H2,(H,12,13,18)/t4-,5+,9+/m0/s1. The zero-order valence-electron chi connectivity index (χ0n) is 9.65. The maximum Gasteiger partial charge on any atom is 0.278 e. The van der Waals surface area contributed by atoms with Crippen LogP contribution in [0.15, 0.2) is 15.9 Å². The van der Waals surface area contributed by atoms with E-state index in [4.69, 9.17) is 9.84 Å². The smallest absolute Gasteiger partial charge is 0.278 e. The van der Waals surface area contributed by atoms with Crippen molar-refractivity contribution in [1.82, 2.24) is 19.5 Å². The molecular weight excluding hydrogens is 320 g/mol. The molecule has 0 amide bonds. The molecule has 3 heterocycles. The summed E-state index contributed by atoms with van der Waals surface area (Å²) in [6.07, 6.45) is -0.388. The van der Waals surface area contributed by atoms with Gasteiger partial charge in [0.05, 0.1) is 19.0 Å². The Kier molecular flexibility index (Phi) is 3.13. The summed E-state index contributed by atoms with van der Waals surface area (Å²) in [6, 6.07) is 0. The second-order valence-electron chi connectivity index (χ2n) is 4.29. The van der Waals surface area contributed by atoms with Gasteiger partial charge in [-0.3, -0.25) is 9.36 Å². The Morgan fingerprint density at radius 1 is 1.63 bits per heavy atom. The number of aromatic nitrogens is 4. The van der Waals surface area contributed by atoms with Gasteiger partial charge in [-0.15, -0.1) is 0 Å². The third-order valence-electron chi connectivity index (χ3n) is 3.06. The number of nitrogens with one attached hydrogen (secondary N) is 1. The van der Waals surface area contributed by atoms with E-state index in [1.807, 2.05) is 0 Å². The molecule has 1 saturated heterocycles. The quantitative estimate of drug-likeness (QED) is 0.641. The Balaban J connectivity index is 2.13. The Morgan fingerprint density at radius 3 is 3.11 bits per heavy atom. The van der Waals surface area contributed by atoms with Gasteiger partial charge in [0.25, 0.3) is 5.56 Å². The van der Waals surface area contributed by atoms with Crippen LogP contribution in [0.3, 0.4) is 0 Å². The lowest BCUT2D eigenvalue weighted by atomic mass is 10.2. The van der Waals surface area contributed by atoms with Crippen molar-refractivity contribution in [2.45, 2.75) is 24.9 Å². The van der Waals surface area contributed by atoms with Crippen LogP contribution in [0.1, 0.15) is 12.6 Å². The number of imidazole rings is 1. The fourth-order valence-corrected chi connectivity index (χ4v) is 2.75. The van der Waals surface area contributed by atoms with Crippen molar-refractivity contribution < 1.29 is 14.9 Å². The molecule has 2 aromatic rings. The van der Waals surface area contributed by atoms with E-state index < -0.39 is 18.4 Å². The van der Waals surface area contributed by atoms with Gasteiger partial charge in [-0.1, -0.05) is 0 Å². The van der Waals surface area contributed by atoms with Crippen molar-refractivity contribution >= 4 is 27.1 Å². The number of hydrogen-bond acceptors (Lipinski definition) is 6. The van der Waals surface area contributed by atoms with Gasteiger partial charge in [0, 0.05) is 6.42 Å². The fourth-order valence-electron chi connectivity index (χ4n) is 2.20. The number of ether oxygens (including phenoxy) is 1. The predicted octanol–water partition coefficient (Wildman–Crippen LogP) is -0.477. The van der Waals surface area contributed by atoms with E-state index in [9.17, 15) is 9.90 Å². The lowest BCUT2D eigenvalue weighted by molar-refractivity contribution is -0.0498. The predicted molar refractivity (Wildman–Crippen MR) is 67.5 cm³/mol. The lowest BCUT2D eigenvalue weighted by Gasteiger charge is -2.17. The summed E-state index contributed by atoms with van der Waals surface area (Å²) >= 11 is 3.23. The highest BCUT2D eigenvalue weighted by atomic mass is 79.9. The molecule has 3 atom stereocenters. The van der Waals surface area contributed by atoms with Crippen molar-refractivity contribution in [2.24, 2.45) is 0 Å². The van der Waals surface area contributed by atoms with Crippen molar-refractivity contribution in [3.05, 3.63) is 21.4 Å². The minimum Gasteiger partial charge on any atom is -0.394 e. The summed E-state index contributed by atoms with van der Waals surface area (Å²) in [7, 11) is 0. The number of aliphatic hydroxyl groups excluding tert-OH is 2. The monoisotopic (exact) mass is 330 g/mol. The van der Waals surface area contributed by atoms with Gasteiger partial charge in [0.1, 0.15) is 6.10 Å². The largest absolute Gasteiger partial charge is 0.394 e. The Hall–Kier alpha value is -1.29. The van der Waals surface area contributed by atoms with Crippen LogP contribution in [-0.2, 0) is 4.74 Å². The van der Waals surface area contributed by atoms with E-state index in [1.165, 1.54) is 10.9 Å². The number of fused-ring (bicyclic) bond motifs is 1. The first-order valence-electron chi connectivity index (χ1n) is 5.67. The molecule has 3 N–H and O–H groups in total. The minimum absolute atomic E-state index is 0.164. The van der Waals surface area contributed by atoms with Crippen molar-refractivity contribution in [1.29, 1.82) is 0 Å². The summed E-state index contributed by atoms with van der Waals surface area (Å²) in [5, 5.41) is 19.1. The summed E-state index contributed by atoms with van der Waals surface area (Å²) in [5.74, 6) is 0. The number of nitrogens with zero attached hydrogens (tertiary/aromatic N) is 3. The summed E-state index contributed by atoms with van der Waals surface area (Å²) in [5.41, 5.74) is 0.117. The van der Waals surface area contributed by atoms with Gasteiger partial charge in [0.15, 0.2) is 22.1 Å².